The monoisotopic (exact) mass is 383 g/mol. The molecule has 7 heteroatoms. The predicted molar refractivity (Wildman–Crippen MR) is 107 cm³/mol. The van der Waals surface area contributed by atoms with E-state index < -0.39 is 0 Å². The number of amides is 1. The molecule has 1 saturated heterocycles. The van der Waals surface area contributed by atoms with Crippen LogP contribution in [0.1, 0.15) is 42.5 Å². The number of carbonyl (C=O) groups is 1. The van der Waals surface area contributed by atoms with Crippen molar-refractivity contribution < 1.29 is 9.18 Å². The molecular formula is C21H26FN5O. The third-order valence-electron chi connectivity index (χ3n) is 5.60. The fourth-order valence-corrected chi connectivity index (χ4v) is 3.94. The summed E-state index contributed by atoms with van der Waals surface area (Å²) in [6, 6.07) is 6.92. The molecule has 6 nitrogen and oxygen atoms in total. The first-order chi connectivity index (χ1) is 13.7. The van der Waals surface area contributed by atoms with Crippen LogP contribution in [-0.4, -0.2) is 53.0 Å². The predicted octanol–water partition coefficient (Wildman–Crippen LogP) is 3.32. The molecule has 1 aliphatic carbocycles. The first-order valence-electron chi connectivity index (χ1n) is 10.1. The molecule has 2 fully saturated rings. The first kappa shape index (κ1) is 18.7. The summed E-state index contributed by atoms with van der Waals surface area (Å²) in [6.45, 7) is 2.69. The lowest BCUT2D eigenvalue weighted by Crippen LogP contribution is -2.48. The maximum absolute atomic E-state index is 13.1. The molecule has 28 heavy (non-hydrogen) atoms. The second kappa shape index (κ2) is 8.54. The molecule has 0 radical (unpaired) electrons. The van der Waals surface area contributed by atoms with Gasteiger partial charge < -0.3 is 15.1 Å². The van der Waals surface area contributed by atoms with E-state index in [1.807, 2.05) is 4.90 Å². The molecule has 1 aromatic carbocycles. The quantitative estimate of drug-likeness (QED) is 0.878. The largest absolute Gasteiger partial charge is 0.368 e. The molecule has 1 aromatic heterocycles. The van der Waals surface area contributed by atoms with Crippen molar-refractivity contribution in [2.24, 2.45) is 0 Å². The van der Waals surface area contributed by atoms with E-state index in [2.05, 4.69) is 20.2 Å². The molecule has 0 unspecified atom stereocenters. The second-order valence-corrected chi connectivity index (χ2v) is 7.53. The molecular weight excluding hydrogens is 357 g/mol. The lowest BCUT2D eigenvalue weighted by atomic mass is 9.96. The van der Waals surface area contributed by atoms with Crippen molar-refractivity contribution in [3.8, 4) is 0 Å². The van der Waals surface area contributed by atoms with Gasteiger partial charge in [0.05, 0.1) is 5.56 Å². The molecule has 148 valence electrons. The molecule has 2 heterocycles. The minimum atomic E-state index is -0.237. The van der Waals surface area contributed by atoms with Crippen molar-refractivity contribution in [2.75, 3.05) is 36.4 Å². The normalized spacial score (nSPS) is 18.2. The summed E-state index contributed by atoms with van der Waals surface area (Å²) in [5.41, 5.74) is 1.50. The maximum Gasteiger partial charge on any atom is 0.257 e. The van der Waals surface area contributed by atoms with Crippen molar-refractivity contribution >= 4 is 17.5 Å². The summed E-state index contributed by atoms with van der Waals surface area (Å²) in [4.78, 5) is 25.4. The van der Waals surface area contributed by atoms with Gasteiger partial charge in [0.1, 0.15) is 5.82 Å². The van der Waals surface area contributed by atoms with Crippen LogP contribution in [0.2, 0.25) is 0 Å². The average Bonchev–Trinajstić information content (AvgIpc) is 2.75. The van der Waals surface area contributed by atoms with Crippen molar-refractivity contribution in [3.63, 3.8) is 0 Å². The van der Waals surface area contributed by atoms with E-state index in [4.69, 9.17) is 0 Å². The van der Waals surface area contributed by atoms with Gasteiger partial charge in [-0.05, 0) is 37.1 Å². The van der Waals surface area contributed by atoms with Crippen molar-refractivity contribution in [3.05, 3.63) is 48.0 Å². The standard InChI is InChI=1S/C21H26FN5O/c22-17-6-8-19(9-7-17)26-10-12-27(13-11-26)20(28)16-14-23-21(24-15-16)25-18-4-2-1-3-5-18/h6-9,14-15,18H,1-5,10-13H2,(H,23,24,25). The highest BCUT2D eigenvalue weighted by Gasteiger charge is 2.23. The molecule has 0 spiro atoms. The molecule has 0 bridgehead atoms. The van der Waals surface area contributed by atoms with Crippen LogP contribution in [0, 0.1) is 5.82 Å². The van der Waals surface area contributed by atoms with Crippen LogP contribution in [-0.2, 0) is 0 Å². The highest BCUT2D eigenvalue weighted by Crippen LogP contribution is 2.20. The zero-order chi connectivity index (χ0) is 19.3. The van der Waals surface area contributed by atoms with Gasteiger partial charge in [-0.25, -0.2) is 14.4 Å². The van der Waals surface area contributed by atoms with Crippen LogP contribution >= 0.6 is 0 Å². The number of hydrogen-bond donors (Lipinski definition) is 1. The Kier molecular flexibility index (Phi) is 5.69. The number of rotatable bonds is 4. The van der Waals surface area contributed by atoms with Crippen LogP contribution < -0.4 is 10.2 Å². The minimum absolute atomic E-state index is 0.0389. The lowest BCUT2D eigenvalue weighted by molar-refractivity contribution is 0.0746. The summed E-state index contributed by atoms with van der Waals surface area (Å²) in [5.74, 6) is 0.325. The fourth-order valence-electron chi connectivity index (χ4n) is 3.94. The summed E-state index contributed by atoms with van der Waals surface area (Å²) in [7, 11) is 0. The van der Waals surface area contributed by atoms with Gasteiger partial charge >= 0.3 is 0 Å². The van der Waals surface area contributed by atoms with E-state index in [9.17, 15) is 9.18 Å². The number of hydrogen-bond acceptors (Lipinski definition) is 5. The summed E-state index contributed by atoms with van der Waals surface area (Å²) in [6.07, 6.45) is 9.35. The van der Waals surface area contributed by atoms with E-state index in [1.54, 1.807) is 24.5 Å². The fraction of sp³-hybridized carbons (Fsp3) is 0.476. The van der Waals surface area contributed by atoms with E-state index >= 15 is 0 Å². The maximum atomic E-state index is 13.1. The van der Waals surface area contributed by atoms with Gasteiger partial charge in [0.15, 0.2) is 0 Å². The molecule has 0 atom stereocenters. The van der Waals surface area contributed by atoms with Crippen molar-refractivity contribution in [2.45, 2.75) is 38.1 Å². The number of anilines is 2. The Morgan fingerprint density at radius 3 is 2.25 bits per heavy atom. The van der Waals surface area contributed by atoms with Gasteiger partial charge in [-0.15, -0.1) is 0 Å². The first-order valence-corrected chi connectivity index (χ1v) is 10.1. The van der Waals surface area contributed by atoms with Crippen LogP contribution in [0.4, 0.5) is 16.0 Å². The topological polar surface area (TPSA) is 61.4 Å². The SMILES string of the molecule is O=C(c1cnc(NC2CCCCC2)nc1)N1CCN(c2ccc(F)cc2)CC1. The van der Waals surface area contributed by atoms with Crippen LogP contribution in [0.25, 0.3) is 0 Å². The number of carbonyl (C=O) groups excluding carboxylic acids is 1. The molecule has 2 aliphatic rings. The summed E-state index contributed by atoms with van der Waals surface area (Å²) >= 11 is 0. The van der Waals surface area contributed by atoms with Gasteiger partial charge in [0, 0.05) is 50.3 Å². The summed E-state index contributed by atoms with van der Waals surface area (Å²) in [5, 5.41) is 3.37. The van der Waals surface area contributed by atoms with Crippen molar-refractivity contribution in [1.29, 1.82) is 0 Å². The molecule has 4 rings (SSSR count). The highest BCUT2D eigenvalue weighted by atomic mass is 19.1. The lowest BCUT2D eigenvalue weighted by Gasteiger charge is -2.36. The number of halogens is 1. The van der Waals surface area contributed by atoms with Crippen molar-refractivity contribution in [1.82, 2.24) is 14.9 Å². The number of nitrogens with one attached hydrogen (secondary N) is 1. The molecule has 2 aromatic rings. The zero-order valence-electron chi connectivity index (χ0n) is 16.0. The second-order valence-electron chi connectivity index (χ2n) is 7.53. The highest BCUT2D eigenvalue weighted by molar-refractivity contribution is 5.93. The van der Waals surface area contributed by atoms with E-state index in [-0.39, 0.29) is 11.7 Å². The van der Waals surface area contributed by atoms with Gasteiger partial charge in [-0.1, -0.05) is 19.3 Å². The number of piperazine rings is 1. The molecule has 1 N–H and O–H groups in total. The number of benzene rings is 1. The van der Waals surface area contributed by atoms with Crippen LogP contribution in [0.3, 0.4) is 0 Å². The van der Waals surface area contributed by atoms with Gasteiger partial charge in [-0.2, -0.15) is 0 Å². The van der Waals surface area contributed by atoms with E-state index in [0.29, 0.717) is 30.6 Å². The Morgan fingerprint density at radius 1 is 0.964 bits per heavy atom. The van der Waals surface area contributed by atoms with Crippen LogP contribution in [0.15, 0.2) is 36.7 Å². The minimum Gasteiger partial charge on any atom is -0.368 e. The molecule has 1 amide bonds. The van der Waals surface area contributed by atoms with E-state index in [0.717, 1.165) is 31.6 Å². The third-order valence-corrected chi connectivity index (χ3v) is 5.60. The Morgan fingerprint density at radius 2 is 1.61 bits per heavy atom. The average molecular weight is 383 g/mol. The summed E-state index contributed by atoms with van der Waals surface area (Å²) < 4.78 is 13.1. The Labute approximate surface area is 164 Å². The Balaban J connectivity index is 1.31. The Hall–Kier alpha value is -2.70. The van der Waals surface area contributed by atoms with Crippen LogP contribution in [0.5, 0.6) is 0 Å². The number of aromatic nitrogens is 2. The number of nitrogens with zero attached hydrogens (tertiary/aromatic N) is 4. The molecule has 1 aliphatic heterocycles. The smallest absolute Gasteiger partial charge is 0.257 e. The Bertz CT molecular complexity index is 781. The zero-order valence-corrected chi connectivity index (χ0v) is 16.0. The van der Waals surface area contributed by atoms with Gasteiger partial charge in [-0.3, -0.25) is 4.79 Å². The third kappa shape index (κ3) is 4.40. The van der Waals surface area contributed by atoms with E-state index in [1.165, 1.54) is 31.4 Å². The van der Waals surface area contributed by atoms with Gasteiger partial charge in [0.2, 0.25) is 5.95 Å². The van der Waals surface area contributed by atoms with Gasteiger partial charge in [0.25, 0.3) is 5.91 Å². The molecule has 1 saturated carbocycles.